The molecule has 0 aliphatic carbocycles. The van der Waals surface area contributed by atoms with Crippen LogP contribution in [0.25, 0.3) is 0 Å². The van der Waals surface area contributed by atoms with E-state index in [9.17, 15) is 4.79 Å². The van der Waals surface area contributed by atoms with Crippen molar-refractivity contribution in [1.82, 2.24) is 0 Å². The monoisotopic (exact) mass is 268 g/mol. The number of carbonyl (C=O) groups is 1. The van der Waals surface area contributed by atoms with E-state index in [1.54, 1.807) is 7.11 Å². The van der Waals surface area contributed by atoms with Crippen LogP contribution in [-0.4, -0.2) is 19.6 Å². The number of nitrogens with zero attached hydrogens (tertiary/aromatic N) is 1. The summed E-state index contributed by atoms with van der Waals surface area (Å²) in [5, 5.41) is 2.89. The number of aryl methyl sites for hydroxylation is 1. The van der Waals surface area contributed by atoms with Gasteiger partial charge in [0, 0.05) is 11.8 Å². The number of hydrogen-bond acceptors (Lipinski definition) is 3. The van der Waals surface area contributed by atoms with Crippen molar-refractivity contribution in [2.75, 3.05) is 23.9 Å². The van der Waals surface area contributed by atoms with Crippen molar-refractivity contribution in [3.05, 3.63) is 48.0 Å². The molecular weight excluding hydrogens is 252 g/mol. The van der Waals surface area contributed by atoms with Gasteiger partial charge in [-0.15, -0.1) is 0 Å². The van der Waals surface area contributed by atoms with E-state index in [4.69, 9.17) is 4.74 Å². The Kier molecular flexibility index (Phi) is 3.06. The summed E-state index contributed by atoms with van der Waals surface area (Å²) in [4.78, 5) is 13.9. The summed E-state index contributed by atoms with van der Waals surface area (Å²) in [5.74, 6) is 0.709. The van der Waals surface area contributed by atoms with Gasteiger partial charge in [-0.3, -0.25) is 4.79 Å². The molecule has 1 amide bonds. The summed E-state index contributed by atoms with van der Waals surface area (Å²) in [6.07, 6.45) is 0. The van der Waals surface area contributed by atoms with Gasteiger partial charge in [0.15, 0.2) is 0 Å². The van der Waals surface area contributed by atoms with E-state index in [0.717, 1.165) is 22.8 Å². The molecule has 20 heavy (non-hydrogen) atoms. The molecule has 0 saturated carbocycles. The van der Waals surface area contributed by atoms with Gasteiger partial charge in [0.25, 0.3) is 0 Å². The van der Waals surface area contributed by atoms with Crippen LogP contribution in [0.2, 0.25) is 0 Å². The molecule has 0 saturated heterocycles. The Balaban J connectivity index is 2.05. The van der Waals surface area contributed by atoms with Crippen LogP contribution < -0.4 is 15.0 Å². The van der Waals surface area contributed by atoms with E-state index in [2.05, 4.69) is 5.32 Å². The van der Waals surface area contributed by atoms with Crippen LogP contribution in [0.5, 0.6) is 5.75 Å². The third-order valence-electron chi connectivity index (χ3n) is 3.42. The van der Waals surface area contributed by atoms with E-state index in [-0.39, 0.29) is 5.91 Å². The second-order valence-corrected chi connectivity index (χ2v) is 4.85. The highest BCUT2D eigenvalue weighted by Crippen LogP contribution is 2.37. The van der Waals surface area contributed by atoms with Crippen LogP contribution in [-0.2, 0) is 4.79 Å². The molecule has 3 rings (SSSR count). The number of nitrogens with one attached hydrogen (secondary N) is 1. The molecule has 0 spiro atoms. The zero-order chi connectivity index (χ0) is 14.1. The highest BCUT2D eigenvalue weighted by Gasteiger charge is 2.23. The summed E-state index contributed by atoms with van der Waals surface area (Å²) in [5.41, 5.74) is 3.97. The maximum Gasteiger partial charge on any atom is 0.244 e. The van der Waals surface area contributed by atoms with Gasteiger partial charge in [-0.25, -0.2) is 0 Å². The minimum atomic E-state index is -0.0219. The number of anilines is 3. The normalized spacial score (nSPS) is 13.7. The summed E-state index contributed by atoms with van der Waals surface area (Å²) in [7, 11) is 1.62. The molecule has 0 aromatic heterocycles. The van der Waals surface area contributed by atoms with Crippen LogP contribution in [0.4, 0.5) is 17.1 Å². The molecule has 4 nitrogen and oxygen atoms in total. The van der Waals surface area contributed by atoms with Gasteiger partial charge < -0.3 is 15.0 Å². The molecule has 0 bridgehead atoms. The van der Waals surface area contributed by atoms with Crippen molar-refractivity contribution >= 4 is 23.0 Å². The van der Waals surface area contributed by atoms with Gasteiger partial charge in [-0.1, -0.05) is 17.7 Å². The predicted octanol–water partition coefficient (Wildman–Crippen LogP) is 3.09. The van der Waals surface area contributed by atoms with Crippen molar-refractivity contribution in [2.24, 2.45) is 0 Å². The van der Waals surface area contributed by atoms with Crippen LogP contribution in [0.1, 0.15) is 5.56 Å². The molecular formula is C16H16N2O2. The second kappa shape index (κ2) is 4.89. The third-order valence-corrected chi connectivity index (χ3v) is 3.42. The van der Waals surface area contributed by atoms with Crippen LogP contribution in [0.15, 0.2) is 42.5 Å². The van der Waals surface area contributed by atoms with E-state index in [0.29, 0.717) is 6.54 Å². The highest BCUT2D eigenvalue weighted by atomic mass is 16.5. The van der Waals surface area contributed by atoms with Crippen LogP contribution in [0, 0.1) is 6.92 Å². The number of amides is 1. The molecule has 1 heterocycles. The summed E-state index contributed by atoms with van der Waals surface area (Å²) < 4.78 is 5.20. The predicted molar refractivity (Wildman–Crippen MR) is 79.8 cm³/mol. The number of ether oxygens (including phenoxy) is 1. The van der Waals surface area contributed by atoms with E-state index < -0.39 is 0 Å². The zero-order valence-electron chi connectivity index (χ0n) is 11.5. The standard InChI is InChI=1S/C16H16N2O2/c1-11-3-5-12(6-4-11)18-10-16(19)17-14-9-13(20-2)7-8-15(14)18/h3-9H,10H2,1-2H3,(H,17,19). The number of rotatable bonds is 2. The lowest BCUT2D eigenvalue weighted by molar-refractivity contribution is -0.115. The molecule has 0 radical (unpaired) electrons. The fourth-order valence-corrected chi connectivity index (χ4v) is 2.35. The average Bonchev–Trinajstić information content (AvgIpc) is 2.46. The summed E-state index contributed by atoms with van der Waals surface area (Å²) in [6, 6.07) is 13.9. The molecule has 0 unspecified atom stereocenters. The number of benzene rings is 2. The van der Waals surface area contributed by atoms with Crippen molar-refractivity contribution in [2.45, 2.75) is 6.92 Å². The lowest BCUT2D eigenvalue weighted by atomic mass is 10.1. The molecule has 2 aromatic rings. The Morgan fingerprint density at radius 3 is 2.60 bits per heavy atom. The van der Waals surface area contributed by atoms with Gasteiger partial charge in [0.05, 0.1) is 18.5 Å². The lowest BCUT2D eigenvalue weighted by Crippen LogP contribution is -2.34. The van der Waals surface area contributed by atoms with E-state index >= 15 is 0 Å². The van der Waals surface area contributed by atoms with Crippen LogP contribution >= 0.6 is 0 Å². The fraction of sp³-hybridized carbons (Fsp3) is 0.188. The molecule has 1 N–H and O–H groups in total. The van der Waals surface area contributed by atoms with Crippen molar-refractivity contribution in [3.63, 3.8) is 0 Å². The van der Waals surface area contributed by atoms with Crippen molar-refractivity contribution in [1.29, 1.82) is 0 Å². The highest BCUT2D eigenvalue weighted by molar-refractivity contribution is 6.03. The molecule has 1 aliphatic heterocycles. The Hall–Kier alpha value is -2.49. The number of carbonyl (C=O) groups excluding carboxylic acids is 1. The Morgan fingerprint density at radius 2 is 1.90 bits per heavy atom. The van der Waals surface area contributed by atoms with Crippen molar-refractivity contribution in [3.8, 4) is 5.75 Å². The van der Waals surface area contributed by atoms with Crippen molar-refractivity contribution < 1.29 is 9.53 Å². The van der Waals surface area contributed by atoms with E-state index in [1.807, 2.05) is 54.3 Å². The molecule has 4 heteroatoms. The minimum Gasteiger partial charge on any atom is -0.497 e. The Labute approximate surface area is 118 Å². The first-order chi connectivity index (χ1) is 9.67. The topological polar surface area (TPSA) is 41.6 Å². The maximum absolute atomic E-state index is 11.9. The quantitative estimate of drug-likeness (QED) is 0.910. The third kappa shape index (κ3) is 2.20. The van der Waals surface area contributed by atoms with Gasteiger partial charge in [-0.2, -0.15) is 0 Å². The van der Waals surface area contributed by atoms with E-state index in [1.165, 1.54) is 5.56 Å². The fourth-order valence-electron chi connectivity index (χ4n) is 2.35. The molecule has 102 valence electrons. The zero-order valence-corrected chi connectivity index (χ0v) is 11.5. The first kappa shape index (κ1) is 12.5. The summed E-state index contributed by atoms with van der Waals surface area (Å²) >= 11 is 0. The second-order valence-electron chi connectivity index (χ2n) is 4.85. The first-order valence-electron chi connectivity index (χ1n) is 6.49. The van der Waals surface area contributed by atoms with Gasteiger partial charge in [0.2, 0.25) is 5.91 Å². The smallest absolute Gasteiger partial charge is 0.244 e. The Bertz CT molecular complexity index is 650. The molecule has 0 atom stereocenters. The van der Waals surface area contributed by atoms with Gasteiger partial charge in [0.1, 0.15) is 12.3 Å². The number of fused-ring (bicyclic) bond motifs is 1. The minimum absolute atomic E-state index is 0.0219. The first-order valence-corrected chi connectivity index (χ1v) is 6.49. The average molecular weight is 268 g/mol. The number of methoxy groups -OCH3 is 1. The SMILES string of the molecule is COc1ccc2c(c1)NC(=O)CN2c1ccc(C)cc1. The Morgan fingerprint density at radius 1 is 1.15 bits per heavy atom. The molecule has 1 aliphatic rings. The van der Waals surface area contributed by atoms with Crippen LogP contribution in [0.3, 0.4) is 0 Å². The lowest BCUT2D eigenvalue weighted by Gasteiger charge is -2.31. The largest absolute Gasteiger partial charge is 0.497 e. The van der Waals surface area contributed by atoms with Gasteiger partial charge in [-0.05, 0) is 31.2 Å². The van der Waals surface area contributed by atoms with Gasteiger partial charge >= 0.3 is 0 Å². The maximum atomic E-state index is 11.9. The summed E-state index contributed by atoms with van der Waals surface area (Å²) in [6.45, 7) is 2.37. The molecule has 0 fully saturated rings. The number of hydrogen-bond donors (Lipinski definition) is 1. The molecule has 2 aromatic carbocycles.